The number of sulfonamides is 1. The molecular weight excluding hydrogens is 450 g/mol. The maximum absolute atomic E-state index is 13.2. The van der Waals surface area contributed by atoms with E-state index in [1.54, 1.807) is 16.4 Å². The SMILES string of the molecule is COc1ccc(S(=O)(=O)N2CCCCCC2)cc1NC(=O)CN1CCCC1c1ccc(C)cc1. The summed E-state index contributed by atoms with van der Waals surface area (Å²) in [6, 6.07) is 13.4. The summed E-state index contributed by atoms with van der Waals surface area (Å²) < 4.78 is 33.5. The summed E-state index contributed by atoms with van der Waals surface area (Å²) in [6.45, 7) is 4.23. The fourth-order valence-corrected chi connectivity index (χ4v) is 6.48. The zero-order chi connectivity index (χ0) is 24.1. The lowest BCUT2D eigenvalue weighted by molar-refractivity contribution is -0.117. The number of rotatable bonds is 7. The molecule has 0 aliphatic carbocycles. The third-order valence-corrected chi connectivity index (χ3v) is 8.71. The van der Waals surface area contributed by atoms with Crippen molar-refractivity contribution in [2.75, 3.05) is 38.6 Å². The van der Waals surface area contributed by atoms with Crippen molar-refractivity contribution in [3.05, 3.63) is 53.6 Å². The Morgan fingerprint density at radius 3 is 2.38 bits per heavy atom. The second-order valence-corrected chi connectivity index (χ2v) is 11.2. The first-order valence-electron chi connectivity index (χ1n) is 12.2. The van der Waals surface area contributed by atoms with E-state index in [1.807, 2.05) is 0 Å². The molecule has 1 atom stereocenters. The highest BCUT2D eigenvalue weighted by Crippen LogP contribution is 2.33. The summed E-state index contributed by atoms with van der Waals surface area (Å²) in [5.74, 6) is 0.265. The van der Waals surface area contributed by atoms with Gasteiger partial charge in [0.25, 0.3) is 0 Å². The average Bonchev–Trinajstić information content (AvgIpc) is 3.09. The van der Waals surface area contributed by atoms with Crippen LogP contribution in [-0.2, 0) is 14.8 Å². The van der Waals surface area contributed by atoms with Crippen molar-refractivity contribution >= 4 is 21.6 Å². The van der Waals surface area contributed by atoms with E-state index in [0.717, 1.165) is 45.1 Å². The smallest absolute Gasteiger partial charge is 0.243 e. The number of ether oxygens (including phenoxy) is 1. The number of carbonyl (C=O) groups excluding carboxylic acids is 1. The molecular formula is C26H35N3O4S. The highest BCUT2D eigenvalue weighted by molar-refractivity contribution is 7.89. The summed E-state index contributed by atoms with van der Waals surface area (Å²) >= 11 is 0. The molecule has 1 N–H and O–H groups in total. The van der Waals surface area contributed by atoms with E-state index < -0.39 is 10.0 Å². The van der Waals surface area contributed by atoms with Crippen LogP contribution in [0.1, 0.15) is 55.7 Å². The molecule has 1 amide bonds. The first-order valence-corrected chi connectivity index (χ1v) is 13.6. The number of aryl methyl sites for hydroxylation is 1. The van der Waals surface area contributed by atoms with Crippen LogP contribution in [0.15, 0.2) is 47.4 Å². The van der Waals surface area contributed by atoms with Crippen LogP contribution in [0.3, 0.4) is 0 Å². The summed E-state index contributed by atoms with van der Waals surface area (Å²) in [5, 5.41) is 2.91. The largest absolute Gasteiger partial charge is 0.495 e. The average molecular weight is 486 g/mol. The molecule has 2 aliphatic rings. The predicted molar refractivity (Wildman–Crippen MR) is 134 cm³/mol. The lowest BCUT2D eigenvalue weighted by Gasteiger charge is -2.25. The lowest BCUT2D eigenvalue weighted by atomic mass is 10.0. The van der Waals surface area contributed by atoms with Crippen LogP contribution in [-0.4, -0.2) is 56.8 Å². The minimum absolute atomic E-state index is 0.179. The minimum Gasteiger partial charge on any atom is -0.495 e. The summed E-state index contributed by atoms with van der Waals surface area (Å²) in [6.07, 6.45) is 5.90. The second kappa shape index (κ2) is 10.9. The van der Waals surface area contributed by atoms with Crippen LogP contribution in [0.2, 0.25) is 0 Å². The van der Waals surface area contributed by atoms with E-state index in [1.165, 1.54) is 24.3 Å². The molecule has 7 nitrogen and oxygen atoms in total. The highest BCUT2D eigenvalue weighted by atomic mass is 32.2. The molecule has 2 saturated heterocycles. The molecule has 2 heterocycles. The van der Waals surface area contributed by atoms with Crippen molar-refractivity contribution in [2.24, 2.45) is 0 Å². The van der Waals surface area contributed by atoms with Gasteiger partial charge in [-0.2, -0.15) is 4.31 Å². The van der Waals surface area contributed by atoms with E-state index in [-0.39, 0.29) is 23.4 Å². The van der Waals surface area contributed by atoms with Crippen LogP contribution >= 0.6 is 0 Å². The molecule has 1 unspecified atom stereocenters. The summed E-state index contributed by atoms with van der Waals surface area (Å²) in [5.41, 5.74) is 2.82. The molecule has 2 aromatic rings. The van der Waals surface area contributed by atoms with Gasteiger partial charge in [0.05, 0.1) is 24.2 Å². The molecule has 2 fully saturated rings. The molecule has 34 heavy (non-hydrogen) atoms. The molecule has 0 bridgehead atoms. The lowest BCUT2D eigenvalue weighted by Crippen LogP contribution is -2.33. The van der Waals surface area contributed by atoms with Crippen LogP contribution < -0.4 is 10.1 Å². The molecule has 0 aromatic heterocycles. The van der Waals surface area contributed by atoms with Gasteiger partial charge in [0.2, 0.25) is 15.9 Å². The second-order valence-electron chi connectivity index (χ2n) is 9.27. The number of hydrogen-bond acceptors (Lipinski definition) is 5. The fourth-order valence-electron chi connectivity index (χ4n) is 4.93. The Labute approximate surface area is 203 Å². The van der Waals surface area contributed by atoms with Crippen molar-refractivity contribution in [1.29, 1.82) is 0 Å². The van der Waals surface area contributed by atoms with Crippen LogP contribution in [0.5, 0.6) is 5.75 Å². The fraction of sp³-hybridized carbons (Fsp3) is 0.500. The number of likely N-dealkylation sites (tertiary alicyclic amines) is 1. The number of carbonyl (C=O) groups is 1. The Hall–Kier alpha value is -2.42. The Balaban J connectivity index is 1.49. The molecule has 0 saturated carbocycles. The zero-order valence-corrected chi connectivity index (χ0v) is 20.9. The molecule has 0 radical (unpaired) electrons. The quantitative estimate of drug-likeness (QED) is 0.631. The van der Waals surface area contributed by atoms with Crippen molar-refractivity contribution < 1.29 is 17.9 Å². The number of benzene rings is 2. The molecule has 2 aliphatic heterocycles. The van der Waals surface area contributed by atoms with E-state index >= 15 is 0 Å². The number of nitrogens with zero attached hydrogens (tertiary/aromatic N) is 2. The van der Waals surface area contributed by atoms with Gasteiger partial charge in [-0.25, -0.2) is 8.42 Å². The summed E-state index contributed by atoms with van der Waals surface area (Å²) in [7, 11) is -2.11. The first-order chi connectivity index (χ1) is 16.4. The number of methoxy groups -OCH3 is 1. The molecule has 2 aromatic carbocycles. The van der Waals surface area contributed by atoms with Gasteiger partial charge in [-0.15, -0.1) is 0 Å². The van der Waals surface area contributed by atoms with Gasteiger partial charge in [-0.3, -0.25) is 9.69 Å². The van der Waals surface area contributed by atoms with Crippen LogP contribution in [0, 0.1) is 6.92 Å². The maximum atomic E-state index is 13.2. The van der Waals surface area contributed by atoms with E-state index in [4.69, 9.17) is 4.74 Å². The molecule has 184 valence electrons. The molecule has 4 rings (SSSR count). The van der Waals surface area contributed by atoms with Crippen LogP contribution in [0.25, 0.3) is 0 Å². The van der Waals surface area contributed by atoms with Gasteiger partial charge in [0.1, 0.15) is 5.75 Å². The summed E-state index contributed by atoms with van der Waals surface area (Å²) in [4.78, 5) is 15.4. The van der Waals surface area contributed by atoms with E-state index in [2.05, 4.69) is 41.4 Å². The Morgan fingerprint density at radius 2 is 1.71 bits per heavy atom. The van der Waals surface area contributed by atoms with Crippen LogP contribution in [0.4, 0.5) is 5.69 Å². The highest BCUT2D eigenvalue weighted by Gasteiger charge is 2.29. The van der Waals surface area contributed by atoms with Gasteiger partial charge < -0.3 is 10.1 Å². The van der Waals surface area contributed by atoms with Crippen molar-refractivity contribution in [3.63, 3.8) is 0 Å². The van der Waals surface area contributed by atoms with E-state index in [9.17, 15) is 13.2 Å². The normalized spacial score (nSPS) is 20.1. The van der Waals surface area contributed by atoms with Gasteiger partial charge in [0.15, 0.2) is 0 Å². The third kappa shape index (κ3) is 5.62. The topological polar surface area (TPSA) is 79.0 Å². The van der Waals surface area contributed by atoms with Gasteiger partial charge in [-0.05, 0) is 62.9 Å². The van der Waals surface area contributed by atoms with Crippen molar-refractivity contribution in [3.8, 4) is 5.75 Å². The third-order valence-electron chi connectivity index (χ3n) is 6.82. The van der Waals surface area contributed by atoms with Gasteiger partial charge >= 0.3 is 0 Å². The number of anilines is 1. The number of amides is 1. The zero-order valence-electron chi connectivity index (χ0n) is 20.1. The number of nitrogens with one attached hydrogen (secondary N) is 1. The number of hydrogen-bond donors (Lipinski definition) is 1. The van der Waals surface area contributed by atoms with E-state index in [0.29, 0.717) is 24.5 Å². The predicted octanol–water partition coefficient (Wildman–Crippen LogP) is 4.34. The van der Waals surface area contributed by atoms with Crippen molar-refractivity contribution in [2.45, 2.75) is 56.4 Å². The Kier molecular flexibility index (Phi) is 7.91. The maximum Gasteiger partial charge on any atom is 0.243 e. The monoisotopic (exact) mass is 485 g/mol. The first kappa shape index (κ1) is 24.7. The Bertz CT molecular complexity index is 1090. The van der Waals surface area contributed by atoms with Gasteiger partial charge in [0, 0.05) is 19.1 Å². The molecule has 8 heteroatoms. The Morgan fingerprint density at radius 1 is 1.00 bits per heavy atom. The minimum atomic E-state index is -3.62. The standard InChI is InChI=1S/C26H35N3O4S/c1-20-9-11-21(12-10-20)24-8-7-15-28(24)19-26(30)27-23-18-22(13-14-25(23)33-2)34(31,32)29-16-5-3-4-6-17-29/h9-14,18,24H,3-8,15-17,19H2,1-2H3,(H,27,30). The van der Waals surface area contributed by atoms with Crippen molar-refractivity contribution in [1.82, 2.24) is 9.21 Å². The molecule has 0 spiro atoms. The van der Waals surface area contributed by atoms with Gasteiger partial charge in [-0.1, -0.05) is 42.7 Å².